The average Bonchev–Trinajstić information content (AvgIpc) is 3.00. The molecule has 7 heteroatoms. The Bertz CT molecular complexity index is 755. The normalized spacial score (nSPS) is 15.7. The summed E-state index contributed by atoms with van der Waals surface area (Å²) in [6.07, 6.45) is 1.90. The first-order chi connectivity index (χ1) is 13.1. The van der Waals surface area contributed by atoms with E-state index in [4.69, 9.17) is 4.74 Å². The number of nitrogens with one attached hydrogen (secondary N) is 2. The summed E-state index contributed by atoms with van der Waals surface area (Å²) >= 11 is 0. The van der Waals surface area contributed by atoms with E-state index < -0.39 is 6.10 Å². The Hall–Kier alpha value is -2.12. The standard InChI is InChI=1S/C20H30N4O3/c1-3-15-11-24(12-15)19(26)8-5-9-21-10-16(25)13-27-18-7-4-6-17-20(18)14(2)22-23-17/h4,6-7,15-16,21,25H,3,5,8-13H2,1-2H3,(H,22,23)/t16-/m0/s1. The monoisotopic (exact) mass is 374 g/mol. The van der Waals surface area contributed by atoms with Crippen molar-refractivity contribution in [3.05, 3.63) is 23.9 Å². The summed E-state index contributed by atoms with van der Waals surface area (Å²) in [5.74, 6) is 1.66. The van der Waals surface area contributed by atoms with Gasteiger partial charge in [0, 0.05) is 31.7 Å². The Morgan fingerprint density at radius 2 is 2.30 bits per heavy atom. The third-order valence-electron chi connectivity index (χ3n) is 5.17. The largest absolute Gasteiger partial charge is 0.490 e. The van der Waals surface area contributed by atoms with Crippen LogP contribution in [0.2, 0.25) is 0 Å². The molecule has 3 rings (SSSR count). The van der Waals surface area contributed by atoms with Gasteiger partial charge in [0.05, 0.1) is 10.9 Å². The molecule has 3 N–H and O–H groups in total. The molecule has 2 aromatic rings. The van der Waals surface area contributed by atoms with Gasteiger partial charge in [0.1, 0.15) is 18.5 Å². The van der Waals surface area contributed by atoms with E-state index in [9.17, 15) is 9.90 Å². The van der Waals surface area contributed by atoms with Crippen LogP contribution in [-0.2, 0) is 4.79 Å². The van der Waals surface area contributed by atoms with Gasteiger partial charge < -0.3 is 20.1 Å². The quantitative estimate of drug-likeness (QED) is 0.552. The van der Waals surface area contributed by atoms with Crippen LogP contribution in [0.5, 0.6) is 5.75 Å². The highest BCUT2D eigenvalue weighted by atomic mass is 16.5. The Balaban J connectivity index is 1.30. The number of hydrogen-bond donors (Lipinski definition) is 3. The van der Waals surface area contributed by atoms with Crippen LogP contribution in [0.1, 0.15) is 31.9 Å². The zero-order valence-corrected chi connectivity index (χ0v) is 16.2. The topological polar surface area (TPSA) is 90.5 Å². The van der Waals surface area contributed by atoms with Crippen LogP contribution in [-0.4, -0.2) is 65.0 Å². The summed E-state index contributed by atoms with van der Waals surface area (Å²) in [7, 11) is 0. The second-order valence-corrected chi connectivity index (χ2v) is 7.34. The van der Waals surface area contributed by atoms with Gasteiger partial charge in [-0.15, -0.1) is 0 Å². The predicted octanol–water partition coefficient (Wildman–Crippen LogP) is 1.85. The molecule has 1 aliphatic heterocycles. The minimum atomic E-state index is -0.608. The molecule has 2 heterocycles. The molecule has 1 aliphatic rings. The van der Waals surface area contributed by atoms with Crippen molar-refractivity contribution in [1.29, 1.82) is 0 Å². The smallest absolute Gasteiger partial charge is 0.222 e. The van der Waals surface area contributed by atoms with E-state index in [1.807, 2.05) is 30.0 Å². The molecule has 148 valence electrons. The lowest BCUT2D eigenvalue weighted by atomic mass is 9.97. The number of ether oxygens (including phenoxy) is 1. The number of likely N-dealkylation sites (tertiary alicyclic amines) is 1. The Morgan fingerprint density at radius 1 is 1.48 bits per heavy atom. The number of benzene rings is 1. The zero-order valence-electron chi connectivity index (χ0n) is 16.2. The number of aromatic nitrogens is 2. The van der Waals surface area contributed by atoms with E-state index in [1.54, 1.807) is 0 Å². The molecule has 0 aliphatic carbocycles. The summed E-state index contributed by atoms with van der Waals surface area (Å²) < 4.78 is 5.78. The number of aromatic amines is 1. The number of fused-ring (bicyclic) bond motifs is 1. The Morgan fingerprint density at radius 3 is 3.07 bits per heavy atom. The van der Waals surface area contributed by atoms with Crippen molar-refractivity contribution < 1.29 is 14.6 Å². The van der Waals surface area contributed by atoms with Crippen molar-refractivity contribution in [2.75, 3.05) is 32.8 Å². The van der Waals surface area contributed by atoms with Crippen molar-refractivity contribution in [3.63, 3.8) is 0 Å². The molecule has 1 saturated heterocycles. The van der Waals surface area contributed by atoms with Gasteiger partial charge in [-0.3, -0.25) is 9.89 Å². The minimum Gasteiger partial charge on any atom is -0.490 e. The van der Waals surface area contributed by atoms with Gasteiger partial charge in [-0.2, -0.15) is 5.10 Å². The third kappa shape index (κ3) is 4.99. The molecule has 1 atom stereocenters. The van der Waals surface area contributed by atoms with Crippen LogP contribution in [0.3, 0.4) is 0 Å². The summed E-state index contributed by atoms with van der Waals surface area (Å²) in [6.45, 7) is 7.32. The SMILES string of the molecule is CCC1CN(C(=O)CCCNC[C@H](O)COc2cccc3n[nH]c(C)c23)C1. The van der Waals surface area contributed by atoms with Crippen LogP contribution in [0, 0.1) is 12.8 Å². The highest BCUT2D eigenvalue weighted by Crippen LogP contribution is 2.26. The van der Waals surface area contributed by atoms with E-state index in [-0.39, 0.29) is 12.5 Å². The van der Waals surface area contributed by atoms with Crippen molar-refractivity contribution in [2.45, 2.75) is 39.2 Å². The first-order valence-corrected chi connectivity index (χ1v) is 9.81. The average molecular weight is 374 g/mol. The van der Waals surface area contributed by atoms with E-state index >= 15 is 0 Å². The fraction of sp³-hybridized carbons (Fsp3) is 0.600. The van der Waals surface area contributed by atoms with Crippen LogP contribution < -0.4 is 10.1 Å². The van der Waals surface area contributed by atoms with Crippen LogP contribution in [0.15, 0.2) is 18.2 Å². The Labute approximate surface area is 160 Å². The summed E-state index contributed by atoms with van der Waals surface area (Å²) in [4.78, 5) is 13.9. The summed E-state index contributed by atoms with van der Waals surface area (Å²) in [6, 6.07) is 5.70. The molecule has 1 amide bonds. The van der Waals surface area contributed by atoms with Gasteiger partial charge in [0.15, 0.2) is 0 Å². The van der Waals surface area contributed by atoms with Crippen LogP contribution >= 0.6 is 0 Å². The molecule has 27 heavy (non-hydrogen) atoms. The number of amides is 1. The second-order valence-electron chi connectivity index (χ2n) is 7.34. The molecule has 0 unspecified atom stereocenters. The Kier molecular flexibility index (Phi) is 6.68. The van der Waals surface area contributed by atoms with Gasteiger partial charge in [-0.1, -0.05) is 13.0 Å². The number of H-pyrrole nitrogens is 1. The van der Waals surface area contributed by atoms with Gasteiger partial charge in [-0.25, -0.2) is 0 Å². The molecular formula is C20H30N4O3. The molecule has 0 radical (unpaired) electrons. The molecule has 0 saturated carbocycles. The van der Waals surface area contributed by atoms with Crippen molar-refractivity contribution >= 4 is 16.8 Å². The van der Waals surface area contributed by atoms with E-state index in [0.29, 0.717) is 25.4 Å². The number of aliphatic hydroxyl groups is 1. The lowest BCUT2D eigenvalue weighted by molar-refractivity contribution is -0.137. The molecule has 7 nitrogen and oxygen atoms in total. The first-order valence-electron chi connectivity index (χ1n) is 9.81. The van der Waals surface area contributed by atoms with Crippen molar-refractivity contribution in [1.82, 2.24) is 20.4 Å². The number of carbonyl (C=O) groups excluding carboxylic acids is 1. The number of aryl methyl sites for hydroxylation is 1. The lowest BCUT2D eigenvalue weighted by Gasteiger charge is -2.39. The van der Waals surface area contributed by atoms with E-state index in [0.717, 1.165) is 48.3 Å². The van der Waals surface area contributed by atoms with Crippen molar-refractivity contribution in [3.8, 4) is 5.75 Å². The number of rotatable bonds is 10. The highest BCUT2D eigenvalue weighted by molar-refractivity contribution is 5.87. The van der Waals surface area contributed by atoms with Crippen molar-refractivity contribution in [2.24, 2.45) is 5.92 Å². The van der Waals surface area contributed by atoms with E-state index in [2.05, 4.69) is 22.4 Å². The van der Waals surface area contributed by atoms with Crippen LogP contribution in [0.25, 0.3) is 10.9 Å². The second kappa shape index (κ2) is 9.19. The van der Waals surface area contributed by atoms with Gasteiger partial charge in [0.2, 0.25) is 5.91 Å². The maximum Gasteiger partial charge on any atom is 0.222 e. The fourth-order valence-corrected chi connectivity index (χ4v) is 3.38. The lowest BCUT2D eigenvalue weighted by Crippen LogP contribution is -2.49. The van der Waals surface area contributed by atoms with Gasteiger partial charge in [0.25, 0.3) is 0 Å². The summed E-state index contributed by atoms with van der Waals surface area (Å²) in [5.41, 5.74) is 1.81. The predicted molar refractivity (Wildman–Crippen MR) is 105 cm³/mol. The van der Waals surface area contributed by atoms with E-state index in [1.165, 1.54) is 0 Å². The first kappa shape index (κ1) is 19.6. The minimum absolute atomic E-state index is 0.210. The fourth-order valence-electron chi connectivity index (χ4n) is 3.38. The molecular weight excluding hydrogens is 344 g/mol. The highest BCUT2D eigenvalue weighted by Gasteiger charge is 2.28. The summed E-state index contributed by atoms with van der Waals surface area (Å²) in [5, 5.41) is 21.4. The number of aliphatic hydroxyl groups excluding tert-OH is 1. The van der Waals surface area contributed by atoms with Gasteiger partial charge in [-0.05, 0) is 44.4 Å². The molecule has 0 spiro atoms. The number of nitrogens with zero attached hydrogens (tertiary/aromatic N) is 2. The molecule has 1 aromatic carbocycles. The van der Waals surface area contributed by atoms with Gasteiger partial charge >= 0.3 is 0 Å². The molecule has 1 fully saturated rings. The zero-order chi connectivity index (χ0) is 19.2. The van der Waals surface area contributed by atoms with Crippen LogP contribution in [0.4, 0.5) is 0 Å². The maximum absolute atomic E-state index is 12.0. The molecule has 1 aromatic heterocycles. The maximum atomic E-state index is 12.0. The third-order valence-corrected chi connectivity index (χ3v) is 5.17. The molecule has 0 bridgehead atoms. The number of hydrogen-bond acceptors (Lipinski definition) is 5. The number of carbonyl (C=O) groups is 1.